The fourth-order valence-electron chi connectivity index (χ4n) is 5.92. The average Bonchev–Trinajstić information content (AvgIpc) is 3.27. The molecule has 8 rings (SSSR count). The summed E-state index contributed by atoms with van der Waals surface area (Å²) < 4.78 is 4.24. The highest BCUT2D eigenvalue weighted by Gasteiger charge is 2.20. The Kier molecular flexibility index (Phi) is 3.66. The molecule has 3 aromatic heterocycles. The molecule has 3 heterocycles. The molecule has 0 unspecified atom stereocenters. The topological polar surface area (TPSA) is 43.5 Å². The van der Waals surface area contributed by atoms with Gasteiger partial charge in [-0.1, -0.05) is 60.7 Å². The number of pyridine rings is 2. The Labute approximate surface area is 204 Å². The molecule has 0 N–H and O–H groups in total. The fraction of sp³-hybridized carbons (Fsp3) is 0. The van der Waals surface area contributed by atoms with E-state index in [1.54, 1.807) is 0 Å². The minimum absolute atomic E-state index is 0.0621. The van der Waals surface area contributed by atoms with Crippen molar-refractivity contribution in [1.82, 2.24) is 8.97 Å². The minimum atomic E-state index is -0.0621. The third kappa shape index (κ3) is 2.33. The Morgan fingerprint density at radius 2 is 0.806 bits per heavy atom. The van der Waals surface area contributed by atoms with E-state index in [0.717, 1.165) is 38.5 Å². The van der Waals surface area contributed by atoms with Crippen molar-refractivity contribution in [3.63, 3.8) is 0 Å². The number of para-hydroxylation sites is 4. The van der Waals surface area contributed by atoms with Crippen molar-refractivity contribution in [2.75, 3.05) is 0 Å². The van der Waals surface area contributed by atoms with Crippen molar-refractivity contribution < 1.29 is 0 Å². The second kappa shape index (κ2) is 6.80. The largest absolute Gasteiger partial charge is 0.309 e. The van der Waals surface area contributed by atoms with Crippen LogP contribution in [0.3, 0.4) is 0 Å². The van der Waals surface area contributed by atoms with Gasteiger partial charge in [0.25, 0.3) is 0 Å². The zero-order chi connectivity index (χ0) is 24.0. The Bertz CT molecular complexity index is 2150. The van der Waals surface area contributed by atoms with Crippen molar-refractivity contribution in [3.05, 3.63) is 130 Å². The average molecular weight is 463 g/mol. The molecule has 0 amide bonds. The number of fused-ring (bicyclic) bond motifs is 7. The molecule has 0 saturated carbocycles. The van der Waals surface area contributed by atoms with Crippen LogP contribution in [0.1, 0.15) is 0 Å². The lowest BCUT2D eigenvalue weighted by Gasteiger charge is -2.16. The van der Waals surface area contributed by atoms with E-state index >= 15 is 0 Å². The van der Waals surface area contributed by atoms with E-state index in [0.29, 0.717) is 27.1 Å². The SMILES string of the molecule is O=c1c2ccccc2n2c3ccccc3c(=O)c3cc(-n4c5ccccc5c5ccccc54)cc1c32. The monoisotopic (exact) mass is 462 g/mol. The van der Waals surface area contributed by atoms with Crippen LogP contribution in [0.2, 0.25) is 0 Å². The maximum Gasteiger partial charge on any atom is 0.197 e. The maximum absolute atomic E-state index is 13.9. The van der Waals surface area contributed by atoms with Crippen LogP contribution >= 0.6 is 0 Å². The second-order valence-electron chi connectivity index (χ2n) is 9.29. The van der Waals surface area contributed by atoms with Gasteiger partial charge < -0.3 is 8.97 Å². The number of hydrogen-bond acceptors (Lipinski definition) is 2. The van der Waals surface area contributed by atoms with E-state index in [9.17, 15) is 9.59 Å². The van der Waals surface area contributed by atoms with Gasteiger partial charge in [0.2, 0.25) is 0 Å². The van der Waals surface area contributed by atoms with Gasteiger partial charge in [0, 0.05) is 38.0 Å². The highest BCUT2D eigenvalue weighted by molar-refractivity contribution is 6.12. The molecule has 0 aliphatic heterocycles. The fourth-order valence-corrected chi connectivity index (χ4v) is 5.92. The first-order chi connectivity index (χ1) is 17.7. The molecule has 4 nitrogen and oxygen atoms in total. The van der Waals surface area contributed by atoms with E-state index in [-0.39, 0.29) is 10.9 Å². The predicted molar refractivity (Wildman–Crippen MR) is 148 cm³/mol. The molecule has 0 fully saturated rings. The summed E-state index contributed by atoms with van der Waals surface area (Å²) in [6, 6.07) is 35.7. The molecule has 0 radical (unpaired) electrons. The van der Waals surface area contributed by atoms with E-state index in [2.05, 4.69) is 33.2 Å². The second-order valence-corrected chi connectivity index (χ2v) is 9.29. The molecule has 0 bridgehead atoms. The van der Waals surface area contributed by atoms with Crippen molar-refractivity contribution in [3.8, 4) is 5.69 Å². The van der Waals surface area contributed by atoms with Gasteiger partial charge in [0.05, 0.1) is 27.6 Å². The molecular weight excluding hydrogens is 444 g/mol. The van der Waals surface area contributed by atoms with Gasteiger partial charge in [0.1, 0.15) is 0 Å². The Balaban J connectivity index is 1.67. The van der Waals surface area contributed by atoms with Gasteiger partial charge >= 0.3 is 0 Å². The van der Waals surface area contributed by atoms with Crippen LogP contribution in [-0.2, 0) is 0 Å². The number of hydrogen-bond donors (Lipinski definition) is 0. The van der Waals surface area contributed by atoms with Gasteiger partial charge in [-0.3, -0.25) is 9.59 Å². The lowest BCUT2D eigenvalue weighted by Crippen LogP contribution is -2.15. The summed E-state index contributed by atoms with van der Waals surface area (Å²) >= 11 is 0. The zero-order valence-electron chi connectivity index (χ0n) is 19.1. The summed E-state index contributed by atoms with van der Waals surface area (Å²) in [5.74, 6) is 0. The predicted octanol–water partition coefficient (Wildman–Crippen LogP) is 6.65. The minimum Gasteiger partial charge on any atom is -0.309 e. The molecule has 0 aliphatic rings. The lowest BCUT2D eigenvalue weighted by molar-refractivity contribution is 1.18. The van der Waals surface area contributed by atoms with Crippen molar-refractivity contribution in [1.29, 1.82) is 0 Å². The van der Waals surface area contributed by atoms with Crippen molar-refractivity contribution in [2.24, 2.45) is 0 Å². The van der Waals surface area contributed by atoms with Crippen LogP contribution in [0.25, 0.3) is 65.6 Å². The van der Waals surface area contributed by atoms with Crippen LogP contribution in [0.5, 0.6) is 0 Å². The van der Waals surface area contributed by atoms with Crippen LogP contribution in [0.4, 0.5) is 0 Å². The number of aromatic nitrogens is 2. The summed E-state index contributed by atoms with van der Waals surface area (Å²) in [6.45, 7) is 0. The quantitative estimate of drug-likeness (QED) is 0.202. The van der Waals surface area contributed by atoms with Gasteiger partial charge in [-0.15, -0.1) is 0 Å². The van der Waals surface area contributed by atoms with Crippen LogP contribution in [-0.4, -0.2) is 8.97 Å². The summed E-state index contributed by atoms with van der Waals surface area (Å²) in [5, 5.41) is 4.64. The molecule has 5 aromatic carbocycles. The maximum atomic E-state index is 13.9. The molecule has 36 heavy (non-hydrogen) atoms. The first kappa shape index (κ1) is 19.4. The Hall–Kier alpha value is -4.96. The van der Waals surface area contributed by atoms with E-state index in [1.807, 2.05) is 84.9 Å². The van der Waals surface area contributed by atoms with Crippen LogP contribution in [0, 0.1) is 0 Å². The molecular formula is C32H18N2O2. The van der Waals surface area contributed by atoms with E-state index in [1.165, 1.54) is 0 Å². The van der Waals surface area contributed by atoms with Gasteiger partial charge in [-0.2, -0.15) is 0 Å². The standard InChI is InChI=1S/C32H18N2O2/c35-31-22-11-3-7-15-28(22)34-29-16-8-4-12-23(29)32(36)25-18-19(17-24(31)30(25)34)33-26-13-5-1-9-20(26)21-10-2-6-14-27(21)33/h1-18H. The molecule has 168 valence electrons. The number of nitrogens with zero attached hydrogens (tertiary/aromatic N) is 2. The molecule has 0 spiro atoms. The summed E-state index contributed by atoms with van der Waals surface area (Å²) in [6.07, 6.45) is 0. The van der Waals surface area contributed by atoms with Crippen LogP contribution in [0.15, 0.2) is 119 Å². The molecule has 8 aromatic rings. The molecule has 0 saturated heterocycles. The third-order valence-corrected chi connectivity index (χ3v) is 7.42. The summed E-state index contributed by atoms with van der Waals surface area (Å²) in [4.78, 5) is 27.7. The molecule has 4 heteroatoms. The van der Waals surface area contributed by atoms with E-state index in [4.69, 9.17) is 0 Å². The van der Waals surface area contributed by atoms with Gasteiger partial charge in [0.15, 0.2) is 10.9 Å². The van der Waals surface area contributed by atoms with Crippen molar-refractivity contribution in [2.45, 2.75) is 0 Å². The number of benzene rings is 5. The first-order valence-electron chi connectivity index (χ1n) is 12.0. The summed E-state index contributed by atoms with van der Waals surface area (Å²) in [5.41, 5.74) is 5.04. The van der Waals surface area contributed by atoms with E-state index < -0.39 is 0 Å². The highest BCUT2D eigenvalue weighted by atomic mass is 16.1. The third-order valence-electron chi connectivity index (χ3n) is 7.42. The number of rotatable bonds is 1. The summed E-state index contributed by atoms with van der Waals surface area (Å²) in [7, 11) is 0. The zero-order valence-corrected chi connectivity index (χ0v) is 19.1. The Morgan fingerprint density at radius 3 is 1.28 bits per heavy atom. The van der Waals surface area contributed by atoms with Crippen LogP contribution < -0.4 is 10.9 Å². The van der Waals surface area contributed by atoms with Gasteiger partial charge in [-0.25, -0.2) is 0 Å². The first-order valence-corrected chi connectivity index (χ1v) is 12.0. The smallest absolute Gasteiger partial charge is 0.197 e. The Morgan fingerprint density at radius 1 is 0.417 bits per heavy atom. The highest BCUT2D eigenvalue weighted by Crippen LogP contribution is 2.34. The normalized spacial score (nSPS) is 12.1. The molecule has 0 atom stereocenters. The lowest BCUT2D eigenvalue weighted by atomic mass is 10.0. The molecule has 0 aliphatic carbocycles. The van der Waals surface area contributed by atoms with Crippen molar-refractivity contribution >= 4 is 59.9 Å². The van der Waals surface area contributed by atoms with Gasteiger partial charge in [-0.05, 0) is 48.5 Å².